The monoisotopic (exact) mass is 174 g/mol. The fourth-order valence-corrected chi connectivity index (χ4v) is 1.77. The Bertz CT molecular complexity index is 144. The molecule has 72 valence electrons. The summed E-state index contributed by atoms with van der Waals surface area (Å²) < 4.78 is 5.43. The molecule has 3 nitrogen and oxygen atoms in total. The lowest BCUT2D eigenvalue weighted by Crippen LogP contribution is -2.49. The molecule has 0 bridgehead atoms. The third-order valence-electron chi connectivity index (χ3n) is 3.00. The van der Waals surface area contributed by atoms with Crippen LogP contribution in [0.4, 0.5) is 0 Å². The van der Waals surface area contributed by atoms with Gasteiger partial charge in [-0.1, -0.05) is 13.8 Å². The summed E-state index contributed by atoms with van der Waals surface area (Å²) in [6.45, 7) is 5.88. The molecule has 2 N–H and O–H groups in total. The summed E-state index contributed by atoms with van der Waals surface area (Å²) in [5, 5.41) is 18.6. The van der Waals surface area contributed by atoms with E-state index in [-0.39, 0.29) is 30.7 Å². The van der Waals surface area contributed by atoms with E-state index in [2.05, 4.69) is 0 Å². The molecule has 1 aliphatic heterocycles. The van der Waals surface area contributed by atoms with Crippen molar-refractivity contribution in [3.8, 4) is 0 Å². The van der Waals surface area contributed by atoms with Crippen LogP contribution in [0.5, 0.6) is 0 Å². The van der Waals surface area contributed by atoms with E-state index in [1.807, 2.05) is 20.8 Å². The molecule has 1 rings (SSSR count). The second-order valence-corrected chi connectivity index (χ2v) is 3.77. The fraction of sp³-hybridized carbons (Fsp3) is 1.00. The summed E-state index contributed by atoms with van der Waals surface area (Å²) in [5.74, 6) is 0.423. The number of aliphatic hydroxyl groups excluding tert-OH is 2. The normalized spacial score (nSPS) is 49.2. The predicted molar refractivity (Wildman–Crippen MR) is 45.8 cm³/mol. The van der Waals surface area contributed by atoms with Crippen LogP contribution in [0.3, 0.4) is 0 Å². The first-order valence-electron chi connectivity index (χ1n) is 4.52. The van der Waals surface area contributed by atoms with Crippen molar-refractivity contribution < 1.29 is 14.9 Å². The Hall–Kier alpha value is -0.120. The SMILES string of the molecule is CC1OC(CO)C(C)C(C)C1O. The van der Waals surface area contributed by atoms with Gasteiger partial charge in [0, 0.05) is 0 Å². The molecule has 0 aliphatic carbocycles. The van der Waals surface area contributed by atoms with Crippen LogP contribution >= 0.6 is 0 Å². The predicted octanol–water partition coefficient (Wildman–Crippen LogP) is 0.399. The molecule has 1 saturated heterocycles. The third kappa shape index (κ3) is 1.63. The number of ether oxygens (including phenoxy) is 1. The molecular formula is C9H18O3. The smallest absolute Gasteiger partial charge is 0.0839 e. The van der Waals surface area contributed by atoms with E-state index in [4.69, 9.17) is 9.84 Å². The average Bonchev–Trinajstić information content (AvgIpc) is 2.08. The van der Waals surface area contributed by atoms with Crippen molar-refractivity contribution in [2.24, 2.45) is 11.8 Å². The van der Waals surface area contributed by atoms with Gasteiger partial charge in [-0.2, -0.15) is 0 Å². The van der Waals surface area contributed by atoms with Crippen molar-refractivity contribution in [2.75, 3.05) is 6.61 Å². The molecule has 0 amide bonds. The van der Waals surface area contributed by atoms with Crippen LogP contribution in [0.1, 0.15) is 20.8 Å². The van der Waals surface area contributed by atoms with Gasteiger partial charge in [0.1, 0.15) is 0 Å². The Morgan fingerprint density at radius 2 is 1.75 bits per heavy atom. The van der Waals surface area contributed by atoms with Gasteiger partial charge >= 0.3 is 0 Å². The summed E-state index contributed by atoms with van der Waals surface area (Å²) in [7, 11) is 0. The second kappa shape index (κ2) is 3.73. The van der Waals surface area contributed by atoms with Crippen molar-refractivity contribution >= 4 is 0 Å². The Morgan fingerprint density at radius 1 is 1.17 bits per heavy atom. The summed E-state index contributed by atoms with van der Waals surface area (Å²) in [6, 6.07) is 0. The molecule has 0 saturated carbocycles. The van der Waals surface area contributed by atoms with Crippen LogP contribution in [0, 0.1) is 11.8 Å². The number of aliphatic hydroxyl groups is 2. The zero-order chi connectivity index (χ0) is 9.30. The van der Waals surface area contributed by atoms with E-state index in [1.54, 1.807) is 0 Å². The summed E-state index contributed by atoms with van der Waals surface area (Å²) in [6.07, 6.45) is -0.672. The van der Waals surface area contributed by atoms with Crippen LogP contribution < -0.4 is 0 Å². The molecule has 12 heavy (non-hydrogen) atoms. The lowest BCUT2D eigenvalue weighted by molar-refractivity contribution is -0.171. The third-order valence-corrected chi connectivity index (χ3v) is 3.00. The summed E-state index contributed by atoms with van der Waals surface area (Å²) in [4.78, 5) is 0. The Labute approximate surface area is 73.4 Å². The van der Waals surface area contributed by atoms with Crippen molar-refractivity contribution in [2.45, 2.75) is 39.1 Å². The first-order chi connectivity index (χ1) is 5.57. The zero-order valence-corrected chi connectivity index (χ0v) is 7.90. The molecule has 1 heterocycles. The molecule has 0 aromatic heterocycles. The molecule has 0 aromatic rings. The van der Waals surface area contributed by atoms with Crippen molar-refractivity contribution in [1.82, 2.24) is 0 Å². The van der Waals surface area contributed by atoms with E-state index in [9.17, 15) is 5.11 Å². The van der Waals surface area contributed by atoms with Gasteiger partial charge in [-0.3, -0.25) is 0 Å². The second-order valence-electron chi connectivity index (χ2n) is 3.77. The average molecular weight is 174 g/mol. The molecule has 0 radical (unpaired) electrons. The van der Waals surface area contributed by atoms with Crippen molar-refractivity contribution in [1.29, 1.82) is 0 Å². The van der Waals surface area contributed by atoms with Gasteiger partial charge < -0.3 is 14.9 Å². The minimum absolute atomic E-state index is 0.0442. The largest absolute Gasteiger partial charge is 0.394 e. The van der Waals surface area contributed by atoms with E-state index < -0.39 is 6.10 Å². The molecule has 1 fully saturated rings. The van der Waals surface area contributed by atoms with E-state index in [0.717, 1.165) is 0 Å². The maximum absolute atomic E-state index is 9.62. The van der Waals surface area contributed by atoms with Gasteiger partial charge in [0.2, 0.25) is 0 Å². The van der Waals surface area contributed by atoms with E-state index >= 15 is 0 Å². The van der Waals surface area contributed by atoms with Crippen molar-refractivity contribution in [3.05, 3.63) is 0 Å². The summed E-state index contributed by atoms with van der Waals surface area (Å²) in [5.41, 5.74) is 0. The lowest BCUT2D eigenvalue weighted by atomic mass is 9.82. The number of rotatable bonds is 1. The minimum Gasteiger partial charge on any atom is -0.394 e. The zero-order valence-electron chi connectivity index (χ0n) is 7.90. The first kappa shape index (κ1) is 9.96. The minimum atomic E-state index is -0.400. The van der Waals surface area contributed by atoms with Gasteiger partial charge in [0.15, 0.2) is 0 Å². The van der Waals surface area contributed by atoms with Gasteiger partial charge in [0.25, 0.3) is 0 Å². The van der Waals surface area contributed by atoms with Crippen LogP contribution in [0.15, 0.2) is 0 Å². The highest BCUT2D eigenvalue weighted by molar-refractivity contribution is 4.85. The highest BCUT2D eigenvalue weighted by Gasteiger charge is 2.37. The maximum Gasteiger partial charge on any atom is 0.0839 e. The molecule has 1 aliphatic rings. The quantitative estimate of drug-likeness (QED) is 0.605. The van der Waals surface area contributed by atoms with Crippen molar-refractivity contribution in [3.63, 3.8) is 0 Å². The molecule has 0 spiro atoms. The topological polar surface area (TPSA) is 49.7 Å². The Kier molecular flexibility index (Phi) is 3.09. The van der Waals surface area contributed by atoms with Crippen LogP contribution in [0.25, 0.3) is 0 Å². The Morgan fingerprint density at radius 3 is 2.25 bits per heavy atom. The first-order valence-corrected chi connectivity index (χ1v) is 4.52. The molecule has 0 aromatic carbocycles. The molecular weight excluding hydrogens is 156 g/mol. The van der Waals surface area contributed by atoms with Crippen LogP contribution in [-0.4, -0.2) is 35.1 Å². The van der Waals surface area contributed by atoms with Crippen LogP contribution in [0.2, 0.25) is 0 Å². The maximum atomic E-state index is 9.62. The van der Waals surface area contributed by atoms with Gasteiger partial charge in [-0.05, 0) is 18.8 Å². The lowest BCUT2D eigenvalue weighted by Gasteiger charge is -2.40. The van der Waals surface area contributed by atoms with E-state index in [0.29, 0.717) is 0 Å². The van der Waals surface area contributed by atoms with Gasteiger partial charge in [0.05, 0.1) is 24.9 Å². The number of hydrogen-bond donors (Lipinski definition) is 2. The van der Waals surface area contributed by atoms with Crippen LogP contribution in [-0.2, 0) is 4.74 Å². The molecule has 3 heteroatoms. The Balaban J connectivity index is 2.63. The molecule has 5 unspecified atom stereocenters. The number of hydrogen-bond acceptors (Lipinski definition) is 3. The summed E-state index contributed by atoms with van der Waals surface area (Å²) >= 11 is 0. The fourth-order valence-electron chi connectivity index (χ4n) is 1.77. The van der Waals surface area contributed by atoms with E-state index in [1.165, 1.54) is 0 Å². The van der Waals surface area contributed by atoms with Gasteiger partial charge in [-0.25, -0.2) is 0 Å². The molecule has 5 atom stereocenters. The highest BCUT2D eigenvalue weighted by atomic mass is 16.5. The van der Waals surface area contributed by atoms with Gasteiger partial charge in [-0.15, -0.1) is 0 Å². The standard InChI is InChI=1S/C9H18O3/c1-5-6(2)9(11)7(3)12-8(5)4-10/h5-11H,4H2,1-3H3. The highest BCUT2D eigenvalue weighted by Crippen LogP contribution is 2.29.